The summed E-state index contributed by atoms with van der Waals surface area (Å²) in [6.45, 7) is 5.71. The predicted octanol–water partition coefficient (Wildman–Crippen LogP) is 4.75. The van der Waals surface area contributed by atoms with Crippen LogP contribution < -0.4 is 5.32 Å². The van der Waals surface area contributed by atoms with Crippen molar-refractivity contribution in [1.82, 2.24) is 5.32 Å². The third-order valence-corrected chi connectivity index (χ3v) is 4.47. The van der Waals surface area contributed by atoms with Crippen LogP contribution in [0.5, 0.6) is 0 Å². The van der Waals surface area contributed by atoms with Gasteiger partial charge in [0.2, 0.25) is 0 Å². The highest BCUT2D eigenvalue weighted by Crippen LogP contribution is 2.31. The van der Waals surface area contributed by atoms with Crippen LogP contribution >= 0.6 is 15.9 Å². The van der Waals surface area contributed by atoms with Crippen LogP contribution in [0.2, 0.25) is 0 Å². The zero-order valence-electron chi connectivity index (χ0n) is 12.5. The van der Waals surface area contributed by atoms with Crippen molar-refractivity contribution < 1.29 is 13.2 Å². The van der Waals surface area contributed by atoms with Crippen LogP contribution in [0, 0.1) is 32.4 Å². The Balaban J connectivity index is 2.43. The van der Waals surface area contributed by atoms with Crippen LogP contribution in [0.25, 0.3) is 0 Å². The molecule has 0 bridgehead atoms. The van der Waals surface area contributed by atoms with Gasteiger partial charge in [-0.1, -0.05) is 0 Å². The Labute approximate surface area is 131 Å². The highest BCUT2D eigenvalue weighted by Gasteiger charge is 2.23. The average molecular weight is 358 g/mol. The average Bonchev–Trinajstić information content (AvgIpc) is 2.69. The van der Waals surface area contributed by atoms with E-state index in [0.29, 0.717) is 0 Å². The van der Waals surface area contributed by atoms with Crippen molar-refractivity contribution in [2.24, 2.45) is 0 Å². The van der Waals surface area contributed by atoms with Crippen molar-refractivity contribution in [3.8, 4) is 0 Å². The second kappa shape index (κ2) is 6.28. The van der Waals surface area contributed by atoms with E-state index < -0.39 is 11.6 Å². The van der Waals surface area contributed by atoms with Crippen LogP contribution in [0.4, 0.5) is 8.78 Å². The smallest absolute Gasteiger partial charge is 0.143 e. The number of aryl methyl sites for hydroxylation is 2. The lowest BCUT2D eigenvalue weighted by molar-refractivity contribution is 0.481. The Kier molecular flexibility index (Phi) is 4.84. The summed E-state index contributed by atoms with van der Waals surface area (Å²) in [7, 11) is 1.78. The monoisotopic (exact) mass is 357 g/mol. The van der Waals surface area contributed by atoms with Gasteiger partial charge in [0.25, 0.3) is 0 Å². The minimum absolute atomic E-state index is 0.0707. The molecule has 0 aliphatic heterocycles. The maximum Gasteiger partial charge on any atom is 0.143 e. The molecule has 0 radical (unpaired) electrons. The van der Waals surface area contributed by atoms with Crippen molar-refractivity contribution in [3.63, 3.8) is 0 Å². The van der Waals surface area contributed by atoms with Crippen LogP contribution in [0.15, 0.2) is 21.0 Å². The van der Waals surface area contributed by atoms with Gasteiger partial charge in [0.1, 0.15) is 23.2 Å². The van der Waals surface area contributed by atoms with E-state index in [4.69, 9.17) is 4.42 Å². The number of furan rings is 1. The van der Waals surface area contributed by atoms with E-state index in [2.05, 4.69) is 21.2 Å². The first-order valence-electron chi connectivity index (χ1n) is 6.73. The normalized spacial score (nSPS) is 12.7. The molecule has 1 atom stereocenters. The van der Waals surface area contributed by atoms with Gasteiger partial charge in [0.15, 0.2) is 0 Å². The first-order chi connectivity index (χ1) is 9.86. The van der Waals surface area contributed by atoms with Crippen molar-refractivity contribution in [3.05, 3.63) is 56.5 Å². The summed E-state index contributed by atoms with van der Waals surface area (Å²) in [5.74, 6) is 0.523. The van der Waals surface area contributed by atoms with E-state index in [1.165, 1.54) is 12.1 Å². The molecular weight excluding hydrogens is 340 g/mol. The molecule has 2 rings (SSSR count). The molecule has 1 heterocycles. The largest absolute Gasteiger partial charge is 0.466 e. The number of nitrogens with one attached hydrogen (secondary N) is 1. The molecule has 2 nitrogen and oxygen atoms in total. The Hall–Kier alpha value is -1.20. The third kappa shape index (κ3) is 3.04. The zero-order valence-corrected chi connectivity index (χ0v) is 14.1. The van der Waals surface area contributed by atoms with Crippen LogP contribution in [0.3, 0.4) is 0 Å². The van der Waals surface area contributed by atoms with Crippen molar-refractivity contribution in [2.45, 2.75) is 33.2 Å². The van der Waals surface area contributed by atoms with Crippen LogP contribution in [-0.2, 0) is 6.42 Å². The molecule has 1 unspecified atom stereocenters. The molecule has 1 aromatic carbocycles. The summed E-state index contributed by atoms with van der Waals surface area (Å²) in [6.07, 6.45) is 0.217. The topological polar surface area (TPSA) is 25.2 Å². The minimum Gasteiger partial charge on any atom is -0.466 e. The quantitative estimate of drug-likeness (QED) is 0.798. The molecular formula is C16H18BrF2NO. The predicted molar refractivity (Wildman–Crippen MR) is 82.5 cm³/mol. The van der Waals surface area contributed by atoms with E-state index in [9.17, 15) is 8.78 Å². The summed E-state index contributed by atoms with van der Waals surface area (Å²) >= 11 is 3.10. The number of hydrogen-bond acceptors (Lipinski definition) is 2. The first kappa shape index (κ1) is 16.2. The number of benzene rings is 1. The maximum atomic E-state index is 14.1. The lowest BCUT2D eigenvalue weighted by atomic mass is 9.95. The Bertz CT molecular complexity index is 667. The van der Waals surface area contributed by atoms with Gasteiger partial charge in [0, 0.05) is 17.2 Å². The molecule has 21 heavy (non-hydrogen) atoms. The number of rotatable bonds is 4. The third-order valence-electron chi connectivity index (χ3n) is 3.86. The maximum absolute atomic E-state index is 14.1. The van der Waals surface area contributed by atoms with Gasteiger partial charge in [-0.3, -0.25) is 0 Å². The fourth-order valence-electron chi connectivity index (χ4n) is 2.63. The van der Waals surface area contributed by atoms with Crippen LogP contribution in [-0.4, -0.2) is 7.05 Å². The lowest BCUT2D eigenvalue weighted by Gasteiger charge is -2.18. The molecule has 2 aromatic rings. The van der Waals surface area contributed by atoms with Crippen molar-refractivity contribution in [1.29, 1.82) is 0 Å². The number of likely N-dealkylation sites (N-methyl/N-ethyl adjacent to an activating group) is 1. The molecule has 0 fully saturated rings. The van der Waals surface area contributed by atoms with E-state index in [0.717, 1.165) is 22.6 Å². The number of halogens is 3. The summed E-state index contributed by atoms with van der Waals surface area (Å²) in [5, 5.41) is 3.13. The van der Waals surface area contributed by atoms with Crippen LogP contribution in [0.1, 0.15) is 34.3 Å². The van der Waals surface area contributed by atoms with Gasteiger partial charge in [-0.05, 0) is 67.9 Å². The molecule has 114 valence electrons. The van der Waals surface area contributed by atoms with E-state index in [1.807, 2.05) is 20.8 Å². The zero-order chi connectivity index (χ0) is 15.7. The molecule has 0 aliphatic rings. The Morgan fingerprint density at radius 3 is 2.38 bits per heavy atom. The molecule has 0 saturated carbocycles. The van der Waals surface area contributed by atoms with Gasteiger partial charge >= 0.3 is 0 Å². The van der Waals surface area contributed by atoms with Gasteiger partial charge < -0.3 is 9.73 Å². The van der Waals surface area contributed by atoms with Crippen molar-refractivity contribution in [2.75, 3.05) is 7.05 Å². The lowest BCUT2D eigenvalue weighted by Crippen LogP contribution is -2.21. The standard InChI is InChI=1S/C16H18BrF2NO/c1-8-9(2)21-10(3)15(8)14(20-4)7-11-13(18)6-5-12(17)16(11)19/h5-6,14,20H,7H2,1-4H3. The van der Waals surface area contributed by atoms with E-state index >= 15 is 0 Å². The van der Waals surface area contributed by atoms with Crippen molar-refractivity contribution >= 4 is 15.9 Å². The molecule has 0 amide bonds. The second-order valence-electron chi connectivity index (χ2n) is 5.12. The SMILES string of the molecule is CNC(Cc1c(F)ccc(Br)c1F)c1c(C)oc(C)c1C. The highest BCUT2D eigenvalue weighted by molar-refractivity contribution is 9.10. The van der Waals surface area contributed by atoms with E-state index in [1.54, 1.807) is 7.05 Å². The molecule has 0 spiro atoms. The van der Waals surface area contributed by atoms with Gasteiger partial charge in [0.05, 0.1) is 4.47 Å². The highest BCUT2D eigenvalue weighted by atomic mass is 79.9. The number of hydrogen-bond donors (Lipinski definition) is 1. The van der Waals surface area contributed by atoms with E-state index in [-0.39, 0.29) is 22.5 Å². The first-order valence-corrected chi connectivity index (χ1v) is 7.52. The summed E-state index contributed by atoms with van der Waals surface area (Å²) in [5.41, 5.74) is 2.05. The molecule has 1 aromatic heterocycles. The fraction of sp³-hybridized carbons (Fsp3) is 0.375. The summed E-state index contributed by atoms with van der Waals surface area (Å²) in [4.78, 5) is 0. The molecule has 0 saturated heterocycles. The van der Waals surface area contributed by atoms with Gasteiger partial charge in [-0.2, -0.15) is 0 Å². The summed E-state index contributed by atoms with van der Waals surface area (Å²) in [6, 6.07) is 2.44. The fourth-order valence-corrected chi connectivity index (χ4v) is 3.00. The summed E-state index contributed by atoms with van der Waals surface area (Å²) < 4.78 is 34.0. The molecule has 5 heteroatoms. The molecule has 1 N–H and O–H groups in total. The molecule has 0 aliphatic carbocycles. The van der Waals surface area contributed by atoms with Gasteiger partial charge in [-0.15, -0.1) is 0 Å². The Morgan fingerprint density at radius 1 is 1.19 bits per heavy atom. The Morgan fingerprint density at radius 2 is 1.86 bits per heavy atom. The van der Waals surface area contributed by atoms with Gasteiger partial charge in [-0.25, -0.2) is 8.78 Å². The second-order valence-corrected chi connectivity index (χ2v) is 5.97. The minimum atomic E-state index is -0.550.